The van der Waals surface area contributed by atoms with Gasteiger partial charge in [-0.3, -0.25) is 9.80 Å². The van der Waals surface area contributed by atoms with Crippen LogP contribution in [0.5, 0.6) is 5.75 Å². The summed E-state index contributed by atoms with van der Waals surface area (Å²) in [6.07, 6.45) is -6.69. The third-order valence-electron chi connectivity index (χ3n) is 6.43. The Morgan fingerprint density at radius 2 is 1.95 bits per heavy atom. The van der Waals surface area contributed by atoms with Crippen molar-refractivity contribution in [3.63, 3.8) is 0 Å². The summed E-state index contributed by atoms with van der Waals surface area (Å²) in [6, 6.07) is 3.41. The van der Waals surface area contributed by atoms with Crippen LogP contribution in [-0.4, -0.2) is 56.3 Å². The number of nitrogens with one attached hydrogen (secondary N) is 2. The zero-order valence-corrected chi connectivity index (χ0v) is 19.4. The number of nitrogens with zero attached hydrogens (tertiary/aromatic N) is 5. The van der Waals surface area contributed by atoms with Crippen molar-refractivity contribution in [3.05, 3.63) is 47.2 Å². The Kier molecular flexibility index (Phi) is 5.63. The second-order valence-corrected chi connectivity index (χ2v) is 8.84. The van der Waals surface area contributed by atoms with Gasteiger partial charge in [0, 0.05) is 6.42 Å². The number of phenolic OH excluding ortho intramolecular Hbond substituents is 1. The number of nitrogens with two attached hydrogens (primary N) is 1. The molecular formula is C22H18F6N8O2. The van der Waals surface area contributed by atoms with Crippen LogP contribution in [0, 0.1) is 5.82 Å². The van der Waals surface area contributed by atoms with Crippen LogP contribution < -0.4 is 16.5 Å². The number of hydrazine groups is 1. The number of aromatic hydroxyl groups is 1. The van der Waals surface area contributed by atoms with E-state index in [9.17, 15) is 36.2 Å². The monoisotopic (exact) mass is 540 g/mol. The topological polar surface area (TPSA) is 141 Å². The highest BCUT2D eigenvalue weighted by Gasteiger charge is 2.57. The van der Waals surface area contributed by atoms with Gasteiger partial charge in [0.2, 0.25) is 5.91 Å². The van der Waals surface area contributed by atoms with Crippen molar-refractivity contribution in [1.82, 2.24) is 20.4 Å². The van der Waals surface area contributed by atoms with E-state index in [0.717, 1.165) is 12.1 Å². The first-order valence-electron chi connectivity index (χ1n) is 11.0. The van der Waals surface area contributed by atoms with Crippen molar-refractivity contribution in [2.75, 3.05) is 17.7 Å². The average Bonchev–Trinajstić information content (AvgIpc) is 3.41. The summed E-state index contributed by atoms with van der Waals surface area (Å²) in [4.78, 5) is 29.7. The molecule has 10 nitrogen and oxygen atoms in total. The minimum atomic E-state index is -5.72. The van der Waals surface area contributed by atoms with Gasteiger partial charge < -0.3 is 16.2 Å². The molecule has 0 aliphatic carbocycles. The fourth-order valence-electron chi connectivity index (χ4n) is 4.33. The van der Waals surface area contributed by atoms with Crippen LogP contribution in [0.2, 0.25) is 0 Å². The first-order chi connectivity index (χ1) is 17.7. The van der Waals surface area contributed by atoms with Crippen molar-refractivity contribution in [2.24, 2.45) is 9.98 Å². The number of hydrogen-bond acceptors (Lipinski definition) is 9. The Morgan fingerprint density at radius 3 is 2.63 bits per heavy atom. The fourth-order valence-corrected chi connectivity index (χ4v) is 4.33. The van der Waals surface area contributed by atoms with E-state index in [0.29, 0.717) is 0 Å². The van der Waals surface area contributed by atoms with Crippen LogP contribution in [0.3, 0.4) is 0 Å². The number of carbonyl (C=O) groups excluding carboxylic acids is 1. The summed E-state index contributed by atoms with van der Waals surface area (Å²) in [6.45, 7) is 1.49. The van der Waals surface area contributed by atoms with Crippen LogP contribution in [0.1, 0.15) is 36.7 Å². The molecule has 0 saturated heterocycles. The molecule has 1 aromatic heterocycles. The summed E-state index contributed by atoms with van der Waals surface area (Å²) < 4.78 is 79.2. The van der Waals surface area contributed by atoms with Crippen LogP contribution in [0.25, 0.3) is 5.70 Å². The Balaban J connectivity index is 1.52. The quantitative estimate of drug-likeness (QED) is 0.427. The van der Waals surface area contributed by atoms with Crippen molar-refractivity contribution in [2.45, 2.75) is 37.3 Å². The van der Waals surface area contributed by atoms with Crippen molar-refractivity contribution in [1.29, 1.82) is 0 Å². The minimum Gasteiger partial charge on any atom is -0.505 e. The number of carbonyl (C=O) groups is 1. The summed E-state index contributed by atoms with van der Waals surface area (Å²) in [5.74, 6) is -7.42. The average molecular weight is 540 g/mol. The molecule has 1 aromatic carbocycles. The van der Waals surface area contributed by atoms with Gasteiger partial charge in [-0.1, -0.05) is 6.07 Å². The molecule has 1 amide bonds. The predicted molar refractivity (Wildman–Crippen MR) is 123 cm³/mol. The number of amidine groups is 1. The van der Waals surface area contributed by atoms with E-state index in [1.54, 1.807) is 0 Å². The molecule has 38 heavy (non-hydrogen) atoms. The summed E-state index contributed by atoms with van der Waals surface area (Å²) >= 11 is 0. The number of nitrogen functional groups attached to an aromatic ring is 1. The smallest absolute Gasteiger partial charge is 0.453 e. The SMILES string of the molecule is CC1(c2ccc(O)c(F)c2)C(=O)Nc2nc(C3=CN4NCN=C4C(CCC(F)(F)C(F)(F)F)=N3)nc(N)c21. The summed E-state index contributed by atoms with van der Waals surface area (Å²) in [5.41, 5.74) is 7.53. The number of aromatic nitrogens is 2. The number of anilines is 2. The van der Waals surface area contributed by atoms with Crippen molar-refractivity contribution >= 4 is 34.8 Å². The van der Waals surface area contributed by atoms with Crippen molar-refractivity contribution < 1.29 is 36.2 Å². The van der Waals surface area contributed by atoms with Crippen LogP contribution in [0.15, 0.2) is 34.4 Å². The molecule has 200 valence electrons. The van der Waals surface area contributed by atoms with Gasteiger partial charge in [0.25, 0.3) is 0 Å². The molecule has 2 aromatic rings. The summed E-state index contributed by atoms with van der Waals surface area (Å²) in [7, 11) is 0. The summed E-state index contributed by atoms with van der Waals surface area (Å²) in [5, 5.41) is 13.4. The highest BCUT2D eigenvalue weighted by molar-refractivity contribution is 6.43. The number of alkyl halides is 5. The van der Waals surface area contributed by atoms with Gasteiger partial charge in [-0.05, 0) is 31.0 Å². The Bertz CT molecular complexity index is 1450. The number of fused-ring (bicyclic) bond motifs is 2. The van der Waals surface area contributed by atoms with E-state index < -0.39 is 47.8 Å². The van der Waals surface area contributed by atoms with Crippen LogP contribution in [-0.2, 0) is 10.2 Å². The predicted octanol–water partition coefficient (Wildman–Crippen LogP) is 3.07. The maximum atomic E-state index is 14.1. The minimum absolute atomic E-state index is 0.0245. The van der Waals surface area contributed by atoms with Crippen molar-refractivity contribution in [3.8, 4) is 5.75 Å². The second kappa shape index (κ2) is 8.41. The van der Waals surface area contributed by atoms with Gasteiger partial charge in [-0.25, -0.2) is 29.8 Å². The highest BCUT2D eigenvalue weighted by Crippen LogP contribution is 2.45. The van der Waals surface area contributed by atoms with Gasteiger partial charge in [0.1, 0.15) is 29.4 Å². The van der Waals surface area contributed by atoms with E-state index in [-0.39, 0.29) is 52.5 Å². The zero-order valence-electron chi connectivity index (χ0n) is 19.4. The largest absolute Gasteiger partial charge is 0.505 e. The molecule has 0 bridgehead atoms. The van der Waals surface area contributed by atoms with Gasteiger partial charge in [-0.15, -0.1) is 0 Å². The van der Waals surface area contributed by atoms with E-state index >= 15 is 0 Å². The molecule has 1 unspecified atom stereocenters. The molecule has 0 radical (unpaired) electrons. The van der Waals surface area contributed by atoms with E-state index in [1.165, 1.54) is 24.2 Å². The lowest BCUT2D eigenvalue weighted by molar-refractivity contribution is -0.283. The molecular weight excluding hydrogens is 522 g/mol. The first-order valence-corrected chi connectivity index (χ1v) is 11.0. The lowest BCUT2D eigenvalue weighted by Gasteiger charge is -2.25. The third kappa shape index (κ3) is 3.91. The number of hydrogen-bond donors (Lipinski definition) is 4. The molecule has 1 atom stereocenters. The van der Waals surface area contributed by atoms with Crippen LogP contribution >= 0.6 is 0 Å². The Labute approximate surface area is 210 Å². The molecule has 0 saturated carbocycles. The zero-order chi connectivity index (χ0) is 27.6. The second-order valence-electron chi connectivity index (χ2n) is 8.84. The number of benzene rings is 1. The molecule has 3 aliphatic heterocycles. The fraction of sp³-hybridized carbons (Fsp3) is 0.318. The lowest BCUT2D eigenvalue weighted by Crippen LogP contribution is -2.41. The van der Waals surface area contributed by atoms with Crippen LogP contribution in [0.4, 0.5) is 38.0 Å². The maximum absolute atomic E-state index is 14.1. The Morgan fingerprint density at radius 1 is 1.21 bits per heavy atom. The van der Waals surface area contributed by atoms with Gasteiger partial charge in [0.15, 0.2) is 23.2 Å². The highest BCUT2D eigenvalue weighted by atomic mass is 19.4. The molecule has 4 heterocycles. The van der Waals surface area contributed by atoms with E-state index in [2.05, 4.69) is 30.7 Å². The molecule has 16 heteroatoms. The van der Waals surface area contributed by atoms with Gasteiger partial charge in [-0.2, -0.15) is 22.0 Å². The standard InChI is InChI=1S/C22H18F6N8O2/c1-20(9-2-3-13(37)10(23)6-9)14-15(29)33-16(34-17(14)35-19(20)38)12-7-36-18(30-8-31-36)11(32-12)4-5-21(24,25)22(26,27)28/h2-3,6-7,31,37H,4-5,8H2,1H3,(H3,29,33,34,35,38). The number of halogens is 6. The number of aliphatic imine (C=N–C) groups is 2. The molecule has 0 fully saturated rings. The maximum Gasteiger partial charge on any atom is 0.453 e. The van der Waals surface area contributed by atoms with Gasteiger partial charge >= 0.3 is 12.1 Å². The van der Waals surface area contributed by atoms with E-state index in [1.807, 2.05) is 0 Å². The third-order valence-corrected chi connectivity index (χ3v) is 6.43. The molecule has 0 spiro atoms. The molecule has 5 N–H and O–H groups in total. The van der Waals surface area contributed by atoms with Gasteiger partial charge in [0.05, 0.1) is 17.5 Å². The lowest BCUT2D eigenvalue weighted by atomic mass is 9.77. The first kappa shape index (κ1) is 25.4. The Hall–Kier alpha value is -4.21. The normalized spacial score (nSPS) is 21.0. The van der Waals surface area contributed by atoms with E-state index in [4.69, 9.17) is 5.73 Å². The molecule has 3 aliphatic rings. The molecule has 5 rings (SSSR count). The number of phenols is 1. The number of amides is 1. The number of rotatable bonds is 5.